The van der Waals surface area contributed by atoms with Gasteiger partial charge in [0, 0.05) is 56.4 Å². The molecule has 0 amide bonds. The van der Waals surface area contributed by atoms with Crippen LogP contribution in [0.5, 0.6) is 0 Å². The number of nitriles is 2. The first-order valence-corrected chi connectivity index (χ1v) is 21.5. The Morgan fingerprint density at radius 1 is 0.609 bits per heavy atom. The van der Waals surface area contributed by atoms with Crippen molar-refractivity contribution in [2.75, 3.05) is 0 Å². The van der Waals surface area contributed by atoms with Gasteiger partial charge in [-0.25, -0.2) is 22.9 Å². The van der Waals surface area contributed by atoms with Gasteiger partial charge in [-0.1, -0.05) is 46.4 Å². The van der Waals surface area contributed by atoms with Crippen LogP contribution >= 0.6 is 69.1 Å². The molecular weight excluding hydrogens is 1080 g/mol. The minimum Gasteiger partial charge on any atom is -0.478 e. The Morgan fingerprint density at radius 2 is 0.942 bits per heavy atom. The van der Waals surface area contributed by atoms with E-state index in [0.717, 1.165) is 44.9 Å². The van der Waals surface area contributed by atoms with Crippen LogP contribution in [-0.2, 0) is 11.3 Å². The van der Waals surface area contributed by atoms with Gasteiger partial charge in [-0.15, -0.1) is 22.7 Å². The lowest BCUT2D eigenvalue weighted by molar-refractivity contribution is -0.349. The van der Waals surface area contributed by atoms with Gasteiger partial charge in [0.05, 0.1) is 38.0 Å². The minimum absolute atomic E-state index is 0.107. The van der Waals surface area contributed by atoms with E-state index < -0.39 is 73.2 Å². The van der Waals surface area contributed by atoms with Gasteiger partial charge in [-0.05, 0) is 55.2 Å². The maximum Gasteiger partial charge on any atom is 0.435 e. The Hall–Kier alpha value is -5.44. The van der Waals surface area contributed by atoms with Crippen LogP contribution in [0.15, 0.2) is 61.2 Å². The second-order valence-electron chi connectivity index (χ2n) is 14.5. The van der Waals surface area contributed by atoms with Crippen molar-refractivity contribution in [3.63, 3.8) is 0 Å². The largest absolute Gasteiger partial charge is 0.478 e. The standard InChI is InChI=1S/C22H12Cl2F7N3OS.C18H6Cl2F7N3O2S/c23-14-4-12(20(25,21(26,27)28)22(29,30)31)5-15(24)19(14)34-9-11(8-33-34)17-6-13(18(7-32)36-17)16(35)3-10-1-2-10;19-10-1-8(16(21,17(22,23)24)18(25,26)27)2-11(20)14(10)30-6-7(5-29-30)12-3-9(15(31)32)13(4-28)33-12/h4-6,8-10H,1-3H2;1-3,5-6H,(H,31,32). The van der Waals surface area contributed by atoms with Crippen LogP contribution in [0.2, 0.25) is 20.1 Å². The number of nitrogens with zero attached hydrogens (tertiary/aromatic N) is 6. The topological polar surface area (TPSA) is 138 Å². The summed E-state index contributed by atoms with van der Waals surface area (Å²) < 4.78 is 187. The fourth-order valence-corrected chi connectivity index (χ4v) is 9.57. The number of benzene rings is 2. The van der Waals surface area contributed by atoms with E-state index in [0.29, 0.717) is 22.8 Å². The molecule has 0 bridgehead atoms. The SMILES string of the molecule is N#Cc1sc(-c2cnn(-c3c(Cl)cc(C(F)(C(F)(F)F)C(F)(F)F)cc3Cl)c2)cc1C(=O)CC1CC1.N#Cc1sc(-c2cnn(-c3c(Cl)cc(C(F)(C(F)(F)F)C(F)(F)F)cc3Cl)c2)cc1C(=O)O. The molecule has 2 aromatic carbocycles. The number of hydrogen-bond acceptors (Lipinski definition) is 8. The number of halogens is 18. The molecule has 0 atom stereocenters. The third kappa shape index (κ3) is 9.99. The van der Waals surface area contributed by atoms with Crippen LogP contribution in [0.4, 0.5) is 61.5 Å². The Morgan fingerprint density at radius 3 is 1.23 bits per heavy atom. The van der Waals surface area contributed by atoms with E-state index in [2.05, 4.69) is 10.2 Å². The molecule has 7 rings (SSSR count). The Bertz CT molecular complexity index is 3010. The summed E-state index contributed by atoms with van der Waals surface area (Å²) in [5, 5.41) is 32.5. The van der Waals surface area contributed by atoms with Gasteiger partial charge in [-0.2, -0.15) is 73.4 Å². The number of aromatic nitrogens is 4. The van der Waals surface area contributed by atoms with Crippen molar-refractivity contribution >= 4 is 80.8 Å². The van der Waals surface area contributed by atoms with Gasteiger partial charge < -0.3 is 5.11 Å². The highest BCUT2D eigenvalue weighted by atomic mass is 35.5. The summed E-state index contributed by atoms with van der Waals surface area (Å²) in [6.45, 7) is 0. The highest BCUT2D eigenvalue weighted by molar-refractivity contribution is 7.16. The average molecular weight is 1100 g/mol. The summed E-state index contributed by atoms with van der Waals surface area (Å²) in [6, 6.07) is 7.07. The molecule has 0 saturated heterocycles. The third-order valence-corrected chi connectivity index (χ3v) is 13.3. The Kier molecular flexibility index (Phi) is 14.4. The zero-order chi connectivity index (χ0) is 51.6. The summed E-state index contributed by atoms with van der Waals surface area (Å²) in [4.78, 5) is 24.5. The Balaban J connectivity index is 0.000000228. The lowest BCUT2D eigenvalue weighted by Gasteiger charge is -2.30. The molecule has 4 aromatic heterocycles. The van der Waals surface area contributed by atoms with E-state index in [9.17, 15) is 76.3 Å². The summed E-state index contributed by atoms with van der Waals surface area (Å²) in [5.41, 5.74) is -15.2. The normalized spacial score (nSPS) is 13.7. The van der Waals surface area contributed by atoms with Crippen molar-refractivity contribution in [2.24, 2.45) is 5.92 Å². The highest BCUT2D eigenvalue weighted by Crippen LogP contribution is 2.56. The van der Waals surface area contributed by atoms with Gasteiger partial charge in [0.2, 0.25) is 0 Å². The first kappa shape index (κ1) is 52.9. The second-order valence-corrected chi connectivity index (χ2v) is 18.3. The molecule has 0 unspecified atom stereocenters. The summed E-state index contributed by atoms with van der Waals surface area (Å²) >= 11 is 25.4. The van der Waals surface area contributed by atoms with Crippen LogP contribution in [-0.4, -0.2) is 61.1 Å². The monoisotopic (exact) mass is 1100 g/mol. The number of carbonyl (C=O) groups excluding carboxylic acids is 1. The fraction of sp³-hybridized carbons (Fsp3) is 0.250. The maximum absolute atomic E-state index is 14.4. The molecule has 4 heterocycles. The molecule has 1 N–H and O–H groups in total. The zero-order valence-electron chi connectivity index (χ0n) is 33.0. The number of alkyl halides is 14. The van der Waals surface area contributed by atoms with Crippen molar-refractivity contribution in [1.82, 2.24) is 19.6 Å². The van der Waals surface area contributed by atoms with E-state index in [-0.39, 0.29) is 72.7 Å². The van der Waals surface area contributed by atoms with E-state index in [1.165, 1.54) is 36.9 Å². The van der Waals surface area contributed by atoms with Crippen molar-refractivity contribution in [2.45, 2.75) is 55.3 Å². The first-order valence-electron chi connectivity index (χ1n) is 18.4. The van der Waals surface area contributed by atoms with Gasteiger partial charge in [0.1, 0.15) is 33.3 Å². The van der Waals surface area contributed by atoms with Crippen molar-refractivity contribution < 1.29 is 76.2 Å². The summed E-state index contributed by atoms with van der Waals surface area (Å²) in [5.74, 6) is -1.22. The quantitative estimate of drug-likeness (QED) is 0.106. The van der Waals surface area contributed by atoms with E-state index in [1.807, 2.05) is 6.07 Å². The number of carbonyl (C=O) groups is 2. The van der Waals surface area contributed by atoms with Crippen molar-refractivity contribution in [3.05, 3.63) is 113 Å². The molecule has 0 radical (unpaired) electrons. The zero-order valence-corrected chi connectivity index (χ0v) is 37.7. The molecule has 29 heteroatoms. The number of ketones is 1. The molecule has 1 saturated carbocycles. The minimum atomic E-state index is -6.35. The van der Waals surface area contributed by atoms with E-state index >= 15 is 0 Å². The maximum atomic E-state index is 14.4. The van der Waals surface area contributed by atoms with Crippen molar-refractivity contribution in [3.8, 4) is 44.4 Å². The van der Waals surface area contributed by atoms with Crippen LogP contribution < -0.4 is 0 Å². The summed E-state index contributed by atoms with van der Waals surface area (Å²) in [6.07, 6.45) is -18.2. The Labute approximate surface area is 404 Å². The predicted octanol–water partition coefficient (Wildman–Crippen LogP) is 14.8. The molecule has 1 aliphatic carbocycles. The van der Waals surface area contributed by atoms with Gasteiger partial charge in [0.15, 0.2) is 5.78 Å². The van der Waals surface area contributed by atoms with Gasteiger partial charge in [-0.3, -0.25) is 4.79 Å². The van der Waals surface area contributed by atoms with Gasteiger partial charge >= 0.3 is 42.0 Å². The molecule has 9 nitrogen and oxygen atoms in total. The molecular formula is C40H18Cl4F14N6O3S2. The number of Topliss-reactive ketones (excluding diaryl/α,β-unsaturated/α-hetero) is 1. The molecule has 1 aliphatic rings. The van der Waals surface area contributed by atoms with Crippen LogP contribution in [0.25, 0.3) is 32.3 Å². The number of aromatic carboxylic acids is 1. The molecule has 69 heavy (non-hydrogen) atoms. The van der Waals surface area contributed by atoms with E-state index in [1.54, 1.807) is 6.07 Å². The van der Waals surface area contributed by atoms with Crippen LogP contribution in [0.3, 0.4) is 0 Å². The number of carboxylic acids is 1. The van der Waals surface area contributed by atoms with Crippen LogP contribution in [0, 0.1) is 28.6 Å². The fourth-order valence-electron chi connectivity index (χ4n) is 6.38. The molecule has 0 spiro atoms. The van der Waals surface area contributed by atoms with Crippen molar-refractivity contribution in [1.29, 1.82) is 10.5 Å². The predicted molar refractivity (Wildman–Crippen MR) is 222 cm³/mol. The molecule has 1 fully saturated rings. The van der Waals surface area contributed by atoms with Crippen LogP contribution in [0.1, 0.15) is 60.9 Å². The summed E-state index contributed by atoms with van der Waals surface area (Å²) in [7, 11) is 0. The first-order chi connectivity index (χ1) is 31.8. The lowest BCUT2D eigenvalue weighted by Crippen LogP contribution is -2.50. The molecule has 0 aliphatic heterocycles. The van der Waals surface area contributed by atoms with Gasteiger partial charge in [0.25, 0.3) is 0 Å². The molecule has 6 aromatic rings. The third-order valence-electron chi connectivity index (χ3n) is 9.95. The highest BCUT2D eigenvalue weighted by Gasteiger charge is 2.74. The molecule has 364 valence electrons. The number of hydrogen-bond donors (Lipinski definition) is 1. The lowest BCUT2D eigenvalue weighted by atomic mass is 9.94. The smallest absolute Gasteiger partial charge is 0.435 e. The second kappa shape index (κ2) is 18.7. The number of thiophene rings is 2. The number of carboxylic acid groups (broad SMARTS) is 1. The number of rotatable bonds is 10. The van der Waals surface area contributed by atoms with E-state index in [4.69, 9.17) is 56.8 Å². The average Bonchev–Trinajstić information content (AvgIpc) is 3.66.